The van der Waals surface area contributed by atoms with Crippen LogP contribution in [0, 0.1) is 0 Å². The van der Waals surface area contributed by atoms with Crippen molar-refractivity contribution in [2.24, 2.45) is 0 Å². The molecule has 0 aliphatic rings. The molecule has 2 rings (SSSR count). The SMILES string of the molecule is C[C@@H](C(F)=Cc1ccccc1)c1ccccc1. The van der Waals surface area contributed by atoms with E-state index in [4.69, 9.17) is 0 Å². The van der Waals surface area contributed by atoms with Crippen molar-refractivity contribution in [1.82, 2.24) is 0 Å². The number of rotatable bonds is 3. The molecule has 0 saturated carbocycles. The molecule has 0 spiro atoms. The molecule has 0 aliphatic carbocycles. The zero-order valence-corrected chi connectivity index (χ0v) is 9.81. The van der Waals surface area contributed by atoms with Crippen LogP contribution in [0.4, 0.5) is 4.39 Å². The summed E-state index contributed by atoms with van der Waals surface area (Å²) in [6.07, 6.45) is 1.59. The maximum Gasteiger partial charge on any atom is 0.108 e. The standard InChI is InChI=1S/C16H15F/c1-13(15-10-6-3-7-11-15)16(17)12-14-8-4-2-5-9-14/h2-13H,1H3/t13-/m1/s1. The van der Waals surface area contributed by atoms with E-state index in [1.54, 1.807) is 6.08 Å². The van der Waals surface area contributed by atoms with Crippen molar-refractivity contribution < 1.29 is 4.39 Å². The van der Waals surface area contributed by atoms with Gasteiger partial charge in [-0.2, -0.15) is 0 Å². The van der Waals surface area contributed by atoms with Gasteiger partial charge in [-0.3, -0.25) is 0 Å². The summed E-state index contributed by atoms with van der Waals surface area (Å²) in [4.78, 5) is 0. The van der Waals surface area contributed by atoms with E-state index in [2.05, 4.69) is 0 Å². The van der Waals surface area contributed by atoms with Crippen LogP contribution < -0.4 is 0 Å². The first-order chi connectivity index (χ1) is 8.27. The van der Waals surface area contributed by atoms with Crippen LogP contribution in [0.15, 0.2) is 66.5 Å². The minimum atomic E-state index is -0.198. The van der Waals surface area contributed by atoms with Crippen LogP contribution in [-0.2, 0) is 0 Å². The smallest absolute Gasteiger partial charge is 0.108 e. The lowest BCUT2D eigenvalue weighted by molar-refractivity contribution is 0.572. The van der Waals surface area contributed by atoms with Crippen LogP contribution >= 0.6 is 0 Å². The largest absolute Gasteiger partial charge is 0.211 e. The molecule has 0 N–H and O–H groups in total. The van der Waals surface area contributed by atoms with E-state index >= 15 is 0 Å². The summed E-state index contributed by atoms with van der Waals surface area (Å²) in [5.41, 5.74) is 1.89. The molecular formula is C16H15F. The number of hydrogen-bond donors (Lipinski definition) is 0. The van der Waals surface area contributed by atoms with Crippen LogP contribution in [0.5, 0.6) is 0 Å². The fourth-order valence-electron chi connectivity index (χ4n) is 1.73. The molecule has 2 aromatic rings. The maximum atomic E-state index is 14.0. The van der Waals surface area contributed by atoms with E-state index in [0.717, 1.165) is 11.1 Å². The Morgan fingerprint density at radius 2 is 1.47 bits per heavy atom. The van der Waals surface area contributed by atoms with Crippen molar-refractivity contribution in [3.05, 3.63) is 77.6 Å². The zero-order valence-electron chi connectivity index (χ0n) is 9.81. The van der Waals surface area contributed by atoms with Crippen molar-refractivity contribution in [3.8, 4) is 0 Å². The van der Waals surface area contributed by atoms with Crippen molar-refractivity contribution in [1.29, 1.82) is 0 Å². The van der Waals surface area contributed by atoms with Crippen LogP contribution in [0.3, 0.4) is 0 Å². The van der Waals surface area contributed by atoms with Gasteiger partial charge >= 0.3 is 0 Å². The van der Waals surface area contributed by atoms with Gasteiger partial charge in [0.05, 0.1) is 0 Å². The predicted molar refractivity (Wildman–Crippen MR) is 70.4 cm³/mol. The van der Waals surface area contributed by atoms with Gasteiger partial charge in [0.1, 0.15) is 5.83 Å². The number of allylic oxidation sites excluding steroid dienone is 1. The average molecular weight is 226 g/mol. The van der Waals surface area contributed by atoms with Crippen molar-refractivity contribution in [2.45, 2.75) is 12.8 Å². The highest BCUT2D eigenvalue weighted by Gasteiger charge is 2.10. The Balaban J connectivity index is 2.21. The molecule has 0 saturated heterocycles. The van der Waals surface area contributed by atoms with Gasteiger partial charge in [-0.1, -0.05) is 67.6 Å². The van der Waals surface area contributed by atoms with E-state index in [0.29, 0.717) is 0 Å². The molecular weight excluding hydrogens is 211 g/mol. The third-order valence-corrected chi connectivity index (χ3v) is 2.82. The third kappa shape index (κ3) is 3.04. The Hall–Kier alpha value is -1.89. The molecule has 2 aromatic carbocycles. The van der Waals surface area contributed by atoms with Crippen molar-refractivity contribution in [2.75, 3.05) is 0 Å². The molecule has 0 amide bonds. The summed E-state index contributed by atoms with van der Waals surface area (Å²) < 4.78 is 14.0. The summed E-state index contributed by atoms with van der Waals surface area (Å²) in [7, 11) is 0. The van der Waals surface area contributed by atoms with Crippen LogP contribution in [0.2, 0.25) is 0 Å². The zero-order chi connectivity index (χ0) is 12.1. The van der Waals surface area contributed by atoms with E-state index in [9.17, 15) is 4.39 Å². The molecule has 0 nitrogen and oxygen atoms in total. The quantitative estimate of drug-likeness (QED) is 0.705. The highest BCUT2D eigenvalue weighted by atomic mass is 19.1. The van der Waals surface area contributed by atoms with Crippen LogP contribution in [0.25, 0.3) is 6.08 Å². The van der Waals surface area contributed by atoms with Gasteiger partial charge in [-0.05, 0) is 17.2 Å². The van der Waals surface area contributed by atoms with E-state index in [1.165, 1.54) is 0 Å². The first kappa shape index (κ1) is 11.6. The molecule has 0 aliphatic heterocycles. The van der Waals surface area contributed by atoms with Crippen LogP contribution in [0.1, 0.15) is 24.0 Å². The lowest BCUT2D eigenvalue weighted by Gasteiger charge is -2.09. The van der Waals surface area contributed by atoms with Crippen molar-refractivity contribution >= 4 is 6.08 Å². The van der Waals surface area contributed by atoms with E-state index < -0.39 is 0 Å². The second-order valence-corrected chi connectivity index (χ2v) is 4.07. The van der Waals surface area contributed by atoms with Gasteiger partial charge in [0.25, 0.3) is 0 Å². The van der Waals surface area contributed by atoms with Gasteiger partial charge < -0.3 is 0 Å². The normalized spacial score (nSPS) is 13.4. The third-order valence-electron chi connectivity index (χ3n) is 2.82. The predicted octanol–water partition coefficient (Wildman–Crippen LogP) is 4.80. The molecule has 1 heteroatoms. The number of hydrogen-bond acceptors (Lipinski definition) is 0. The topological polar surface area (TPSA) is 0 Å². The van der Waals surface area contributed by atoms with Gasteiger partial charge in [-0.25, -0.2) is 4.39 Å². The fourth-order valence-corrected chi connectivity index (χ4v) is 1.73. The van der Waals surface area contributed by atoms with Gasteiger partial charge in [0.2, 0.25) is 0 Å². The molecule has 1 atom stereocenters. The summed E-state index contributed by atoms with van der Waals surface area (Å²) in [5, 5.41) is 0. The van der Waals surface area contributed by atoms with Crippen LogP contribution in [-0.4, -0.2) is 0 Å². The first-order valence-electron chi connectivity index (χ1n) is 5.74. The molecule has 0 bridgehead atoms. The number of halogens is 1. The molecule has 17 heavy (non-hydrogen) atoms. The van der Waals surface area contributed by atoms with Gasteiger partial charge in [-0.15, -0.1) is 0 Å². The maximum absolute atomic E-state index is 14.0. The van der Waals surface area contributed by atoms with Gasteiger partial charge in [0.15, 0.2) is 0 Å². The Labute approximate surface area is 101 Å². The first-order valence-corrected chi connectivity index (χ1v) is 5.74. The Morgan fingerprint density at radius 3 is 2.06 bits per heavy atom. The lowest BCUT2D eigenvalue weighted by Crippen LogP contribution is -1.93. The van der Waals surface area contributed by atoms with Crippen molar-refractivity contribution in [3.63, 3.8) is 0 Å². The highest BCUT2D eigenvalue weighted by molar-refractivity contribution is 5.52. The molecule has 86 valence electrons. The highest BCUT2D eigenvalue weighted by Crippen LogP contribution is 2.26. The van der Waals surface area contributed by atoms with E-state index in [1.807, 2.05) is 67.6 Å². The Kier molecular flexibility index (Phi) is 3.71. The minimum Gasteiger partial charge on any atom is -0.211 e. The van der Waals surface area contributed by atoms with E-state index in [-0.39, 0.29) is 11.7 Å². The number of benzene rings is 2. The monoisotopic (exact) mass is 226 g/mol. The Bertz CT molecular complexity index is 485. The summed E-state index contributed by atoms with van der Waals surface area (Å²) in [6.45, 7) is 1.88. The molecule has 0 unspecified atom stereocenters. The van der Waals surface area contributed by atoms with Gasteiger partial charge in [0, 0.05) is 5.92 Å². The lowest BCUT2D eigenvalue weighted by atomic mass is 9.99. The molecule has 0 fully saturated rings. The average Bonchev–Trinajstić information content (AvgIpc) is 2.40. The molecule has 0 radical (unpaired) electrons. The second-order valence-electron chi connectivity index (χ2n) is 4.07. The summed E-state index contributed by atoms with van der Waals surface area (Å²) >= 11 is 0. The second kappa shape index (κ2) is 5.44. The molecule has 0 aromatic heterocycles. The summed E-state index contributed by atoms with van der Waals surface area (Å²) in [6, 6.07) is 19.2. The molecule has 0 heterocycles. The Morgan fingerprint density at radius 1 is 0.941 bits per heavy atom. The summed E-state index contributed by atoms with van der Waals surface area (Å²) in [5.74, 6) is -0.307. The minimum absolute atomic E-state index is 0.109. The fraction of sp³-hybridized carbons (Fsp3) is 0.125.